The summed E-state index contributed by atoms with van der Waals surface area (Å²) in [6, 6.07) is 16.9. The highest BCUT2D eigenvalue weighted by Crippen LogP contribution is 2.38. The van der Waals surface area contributed by atoms with Crippen LogP contribution in [0.1, 0.15) is 22.3 Å². The predicted molar refractivity (Wildman–Crippen MR) is 107 cm³/mol. The van der Waals surface area contributed by atoms with E-state index in [4.69, 9.17) is 4.74 Å². The number of halogens is 3. The van der Waals surface area contributed by atoms with Crippen molar-refractivity contribution in [3.05, 3.63) is 76.9 Å². The van der Waals surface area contributed by atoms with Crippen LogP contribution >= 0.6 is 11.8 Å². The largest absolute Gasteiger partial charge is 0.497 e. The molecule has 2 aromatic carbocycles. The van der Waals surface area contributed by atoms with Gasteiger partial charge in [-0.3, -0.25) is 0 Å². The van der Waals surface area contributed by atoms with Gasteiger partial charge in [-0.1, -0.05) is 29.8 Å². The topological polar surface area (TPSA) is 45.9 Å². The van der Waals surface area contributed by atoms with E-state index in [2.05, 4.69) is 4.98 Å². The number of aromatic nitrogens is 1. The Kier molecular flexibility index (Phi) is 6.14. The molecular weight excluding hydrogens is 397 g/mol. The number of nitrogens with zero attached hydrogens (tertiary/aromatic N) is 2. The van der Waals surface area contributed by atoms with Crippen molar-refractivity contribution < 1.29 is 17.9 Å². The van der Waals surface area contributed by atoms with Gasteiger partial charge in [0.05, 0.1) is 23.9 Å². The van der Waals surface area contributed by atoms with Crippen molar-refractivity contribution in [3.63, 3.8) is 0 Å². The number of thioether (sulfide) groups is 1. The van der Waals surface area contributed by atoms with E-state index in [0.29, 0.717) is 17.1 Å². The van der Waals surface area contributed by atoms with E-state index in [1.165, 1.54) is 7.11 Å². The number of rotatable bonds is 5. The van der Waals surface area contributed by atoms with Crippen LogP contribution in [0, 0.1) is 18.3 Å². The van der Waals surface area contributed by atoms with Gasteiger partial charge in [-0.15, -0.1) is 11.8 Å². The van der Waals surface area contributed by atoms with Gasteiger partial charge < -0.3 is 4.74 Å². The molecule has 0 spiro atoms. The third kappa shape index (κ3) is 4.90. The number of pyridine rings is 1. The van der Waals surface area contributed by atoms with Gasteiger partial charge in [0, 0.05) is 11.3 Å². The maximum Gasteiger partial charge on any atom is 0.417 e. The van der Waals surface area contributed by atoms with E-state index in [1.807, 2.05) is 31.2 Å². The third-order valence-electron chi connectivity index (χ3n) is 4.29. The number of hydrogen-bond donors (Lipinski definition) is 0. The van der Waals surface area contributed by atoms with Gasteiger partial charge in [0.2, 0.25) is 0 Å². The zero-order chi connectivity index (χ0) is 21.0. The second kappa shape index (κ2) is 8.58. The molecule has 0 saturated heterocycles. The van der Waals surface area contributed by atoms with Gasteiger partial charge >= 0.3 is 6.18 Å². The van der Waals surface area contributed by atoms with Crippen LogP contribution in [0.5, 0.6) is 5.75 Å². The van der Waals surface area contributed by atoms with Crippen molar-refractivity contribution in [2.45, 2.75) is 23.9 Å². The van der Waals surface area contributed by atoms with Gasteiger partial charge in [-0.25, -0.2) is 4.98 Å². The number of methoxy groups -OCH3 is 1. The summed E-state index contributed by atoms with van der Waals surface area (Å²) >= 11 is 1.12. The lowest BCUT2D eigenvalue weighted by Gasteiger charge is -2.14. The van der Waals surface area contributed by atoms with Crippen LogP contribution in [0.2, 0.25) is 0 Å². The van der Waals surface area contributed by atoms with Crippen LogP contribution in [0.15, 0.2) is 59.6 Å². The Morgan fingerprint density at radius 2 is 1.72 bits per heavy atom. The lowest BCUT2D eigenvalue weighted by atomic mass is 10.1. The highest BCUT2D eigenvalue weighted by atomic mass is 32.2. The van der Waals surface area contributed by atoms with Gasteiger partial charge in [-0.2, -0.15) is 18.4 Å². The molecule has 0 saturated carbocycles. The molecule has 0 unspecified atom stereocenters. The molecule has 0 N–H and O–H groups in total. The van der Waals surface area contributed by atoms with E-state index in [1.54, 1.807) is 30.3 Å². The summed E-state index contributed by atoms with van der Waals surface area (Å²) in [4.78, 5) is 4.38. The normalized spacial score (nSPS) is 11.2. The molecule has 1 aromatic heterocycles. The lowest BCUT2D eigenvalue weighted by molar-refractivity contribution is -0.138. The van der Waals surface area contributed by atoms with Crippen LogP contribution in [0.4, 0.5) is 13.2 Å². The van der Waals surface area contributed by atoms with Crippen LogP contribution in [0.3, 0.4) is 0 Å². The summed E-state index contributed by atoms with van der Waals surface area (Å²) in [7, 11) is 1.51. The quantitative estimate of drug-likeness (QED) is 0.463. The fraction of sp³-hybridized carbons (Fsp3) is 0.182. The summed E-state index contributed by atoms with van der Waals surface area (Å²) in [6.07, 6.45) is -4.66. The number of alkyl halides is 3. The molecular formula is C22H17F3N2OS. The van der Waals surface area contributed by atoms with Crippen molar-refractivity contribution in [3.8, 4) is 23.1 Å². The molecule has 1 heterocycles. The molecule has 0 aliphatic rings. The van der Waals surface area contributed by atoms with E-state index in [0.717, 1.165) is 29.0 Å². The van der Waals surface area contributed by atoms with Gasteiger partial charge in [-0.05, 0) is 42.8 Å². The average molecular weight is 414 g/mol. The SMILES string of the molecule is COc1ccc(-c2cc(C(F)(F)F)c(C#N)c(SCc3ccc(C)cc3)n2)cc1. The first-order valence-electron chi connectivity index (χ1n) is 8.67. The Morgan fingerprint density at radius 1 is 1.07 bits per heavy atom. The zero-order valence-electron chi connectivity index (χ0n) is 15.7. The maximum absolute atomic E-state index is 13.6. The van der Waals surface area contributed by atoms with E-state index >= 15 is 0 Å². The highest BCUT2D eigenvalue weighted by molar-refractivity contribution is 7.98. The predicted octanol–water partition coefficient (Wildman–Crippen LogP) is 6.25. The molecule has 0 amide bonds. The number of benzene rings is 2. The van der Waals surface area contributed by atoms with Crippen molar-refractivity contribution in [1.29, 1.82) is 5.26 Å². The second-order valence-electron chi connectivity index (χ2n) is 6.35. The molecule has 29 heavy (non-hydrogen) atoms. The molecule has 0 aliphatic heterocycles. The fourth-order valence-corrected chi connectivity index (χ4v) is 3.66. The highest BCUT2D eigenvalue weighted by Gasteiger charge is 2.36. The Bertz CT molecular complexity index is 1040. The molecule has 0 radical (unpaired) electrons. The van der Waals surface area contributed by atoms with Gasteiger partial charge in [0.15, 0.2) is 0 Å². The maximum atomic E-state index is 13.6. The van der Waals surface area contributed by atoms with E-state index in [-0.39, 0.29) is 10.7 Å². The first-order chi connectivity index (χ1) is 13.8. The summed E-state index contributed by atoms with van der Waals surface area (Å²) in [5.41, 5.74) is 1.27. The summed E-state index contributed by atoms with van der Waals surface area (Å²) in [5, 5.41) is 9.47. The minimum Gasteiger partial charge on any atom is -0.497 e. The first kappa shape index (κ1) is 20.7. The van der Waals surface area contributed by atoms with Crippen molar-refractivity contribution in [2.75, 3.05) is 7.11 Å². The van der Waals surface area contributed by atoms with Crippen LogP contribution in [-0.2, 0) is 11.9 Å². The molecule has 0 aliphatic carbocycles. The summed E-state index contributed by atoms with van der Waals surface area (Å²) in [6.45, 7) is 1.96. The van der Waals surface area contributed by atoms with Crippen molar-refractivity contribution >= 4 is 11.8 Å². The Labute approximate surface area is 171 Å². The molecule has 0 bridgehead atoms. The minimum atomic E-state index is -4.66. The molecule has 148 valence electrons. The Hall–Kier alpha value is -2.98. The van der Waals surface area contributed by atoms with Crippen molar-refractivity contribution in [1.82, 2.24) is 4.98 Å². The van der Waals surface area contributed by atoms with E-state index in [9.17, 15) is 18.4 Å². The van der Waals surface area contributed by atoms with Crippen molar-refractivity contribution in [2.24, 2.45) is 0 Å². The third-order valence-corrected chi connectivity index (χ3v) is 5.33. The number of hydrogen-bond acceptors (Lipinski definition) is 4. The number of ether oxygens (including phenoxy) is 1. The molecule has 3 aromatic rings. The lowest BCUT2D eigenvalue weighted by Crippen LogP contribution is -2.10. The van der Waals surface area contributed by atoms with Crippen LogP contribution in [-0.4, -0.2) is 12.1 Å². The van der Waals surface area contributed by atoms with Crippen LogP contribution in [0.25, 0.3) is 11.3 Å². The fourth-order valence-electron chi connectivity index (χ4n) is 2.70. The first-order valence-corrected chi connectivity index (χ1v) is 9.65. The van der Waals surface area contributed by atoms with E-state index < -0.39 is 17.3 Å². The van der Waals surface area contributed by atoms with Gasteiger partial charge in [0.25, 0.3) is 0 Å². The zero-order valence-corrected chi connectivity index (χ0v) is 16.6. The molecule has 0 fully saturated rings. The number of nitriles is 1. The molecule has 0 atom stereocenters. The standard InChI is InChI=1S/C22H17F3N2OS/c1-14-3-5-15(6-4-14)13-29-21-18(12-26)19(22(23,24)25)11-20(27-21)16-7-9-17(28-2)10-8-16/h3-11H,13H2,1-2H3. The smallest absolute Gasteiger partial charge is 0.417 e. The molecule has 3 rings (SSSR count). The summed E-state index contributed by atoms with van der Waals surface area (Å²) < 4.78 is 46.0. The Morgan fingerprint density at radius 3 is 2.28 bits per heavy atom. The monoisotopic (exact) mass is 414 g/mol. The number of aryl methyl sites for hydroxylation is 1. The Balaban J connectivity index is 2.04. The second-order valence-corrected chi connectivity index (χ2v) is 7.31. The van der Waals surface area contributed by atoms with Gasteiger partial charge in [0.1, 0.15) is 16.8 Å². The average Bonchev–Trinajstić information content (AvgIpc) is 2.72. The summed E-state index contributed by atoms with van der Waals surface area (Å²) in [5.74, 6) is 0.998. The van der Waals surface area contributed by atoms with Crippen LogP contribution < -0.4 is 4.74 Å². The molecule has 3 nitrogen and oxygen atoms in total. The molecule has 7 heteroatoms. The minimum absolute atomic E-state index is 0.0636.